The van der Waals surface area contributed by atoms with E-state index in [2.05, 4.69) is 21.0 Å². The second-order valence-electron chi connectivity index (χ2n) is 4.05. The smallest absolute Gasteiger partial charge is 0.356 e. The predicted octanol–water partition coefficient (Wildman–Crippen LogP) is 3.78. The van der Waals surface area contributed by atoms with Crippen LogP contribution in [0.25, 0.3) is 11.3 Å². The Balaban J connectivity index is 2.37. The number of hydrogen-bond donors (Lipinski definition) is 0. The number of rotatable bonds is 5. The summed E-state index contributed by atoms with van der Waals surface area (Å²) in [5.41, 5.74) is 2.09. The van der Waals surface area contributed by atoms with Gasteiger partial charge in [-0.3, -0.25) is 4.68 Å². The minimum atomic E-state index is -0.360. The molecule has 0 aliphatic rings. The Labute approximate surface area is 130 Å². The van der Waals surface area contributed by atoms with Crippen molar-refractivity contribution >= 4 is 33.5 Å². The van der Waals surface area contributed by atoms with E-state index in [4.69, 9.17) is 16.3 Å². The molecule has 0 spiro atoms. The molecule has 0 saturated heterocycles. The van der Waals surface area contributed by atoms with Gasteiger partial charge in [0.2, 0.25) is 0 Å². The molecule has 0 aliphatic carbocycles. The molecule has 0 aliphatic heterocycles. The van der Waals surface area contributed by atoms with E-state index in [1.54, 1.807) is 29.8 Å². The Morgan fingerprint density at radius 2 is 2.10 bits per heavy atom. The third-order valence-electron chi connectivity index (χ3n) is 2.70. The van der Waals surface area contributed by atoms with Gasteiger partial charge in [0, 0.05) is 15.9 Å². The molecule has 0 saturated carbocycles. The van der Waals surface area contributed by atoms with Gasteiger partial charge in [-0.1, -0.05) is 39.7 Å². The average molecular weight is 358 g/mol. The lowest BCUT2D eigenvalue weighted by molar-refractivity contribution is 0.0512. The van der Waals surface area contributed by atoms with Gasteiger partial charge >= 0.3 is 5.97 Å². The van der Waals surface area contributed by atoms with Crippen LogP contribution in [0.1, 0.15) is 17.4 Å². The van der Waals surface area contributed by atoms with Crippen LogP contribution < -0.4 is 0 Å². The van der Waals surface area contributed by atoms with Crippen molar-refractivity contribution in [3.05, 3.63) is 41.0 Å². The molecule has 0 unspecified atom stereocenters. The molecule has 0 bridgehead atoms. The van der Waals surface area contributed by atoms with E-state index in [1.165, 1.54) is 0 Å². The van der Waals surface area contributed by atoms with Crippen molar-refractivity contribution in [3.63, 3.8) is 0 Å². The fraction of sp³-hybridized carbons (Fsp3) is 0.286. The lowest BCUT2D eigenvalue weighted by Gasteiger charge is -2.04. The van der Waals surface area contributed by atoms with Gasteiger partial charge in [-0.05, 0) is 25.1 Å². The van der Waals surface area contributed by atoms with Crippen molar-refractivity contribution < 1.29 is 9.53 Å². The molecule has 4 nitrogen and oxygen atoms in total. The van der Waals surface area contributed by atoms with Gasteiger partial charge in [-0.25, -0.2) is 4.79 Å². The Morgan fingerprint density at radius 1 is 1.40 bits per heavy atom. The van der Waals surface area contributed by atoms with Gasteiger partial charge < -0.3 is 4.74 Å². The molecule has 2 aromatic rings. The zero-order valence-corrected chi connectivity index (χ0v) is 13.3. The summed E-state index contributed by atoms with van der Waals surface area (Å²) < 4.78 is 6.70. The first kappa shape index (κ1) is 15.1. The topological polar surface area (TPSA) is 44.1 Å². The lowest BCUT2D eigenvalue weighted by Crippen LogP contribution is -2.13. The Morgan fingerprint density at radius 3 is 2.70 bits per heavy atom. The average Bonchev–Trinajstić information content (AvgIpc) is 2.84. The summed E-state index contributed by atoms with van der Waals surface area (Å²) in [6, 6.07) is 9.08. The van der Waals surface area contributed by atoms with E-state index >= 15 is 0 Å². The van der Waals surface area contributed by atoms with Crippen LogP contribution in [0.3, 0.4) is 0 Å². The van der Waals surface area contributed by atoms with Crippen molar-refractivity contribution in [1.82, 2.24) is 9.78 Å². The van der Waals surface area contributed by atoms with Crippen LogP contribution in [0.5, 0.6) is 0 Å². The fourth-order valence-electron chi connectivity index (χ4n) is 1.80. The number of halogens is 2. The van der Waals surface area contributed by atoms with E-state index in [0.717, 1.165) is 11.3 Å². The maximum atomic E-state index is 11.9. The minimum Gasteiger partial charge on any atom is -0.461 e. The highest BCUT2D eigenvalue weighted by atomic mass is 79.9. The number of nitrogens with zero attached hydrogens (tertiary/aromatic N) is 2. The number of ether oxygens (including phenoxy) is 1. The van der Waals surface area contributed by atoms with Gasteiger partial charge in [0.25, 0.3) is 0 Å². The summed E-state index contributed by atoms with van der Waals surface area (Å²) in [6.07, 6.45) is 0. The molecule has 0 radical (unpaired) electrons. The molecule has 106 valence electrons. The second kappa shape index (κ2) is 6.90. The van der Waals surface area contributed by atoms with Gasteiger partial charge in [0.1, 0.15) is 5.69 Å². The van der Waals surface area contributed by atoms with Gasteiger partial charge in [-0.2, -0.15) is 5.10 Å². The molecule has 1 aromatic carbocycles. The van der Waals surface area contributed by atoms with Crippen LogP contribution >= 0.6 is 27.5 Å². The number of hydrogen-bond acceptors (Lipinski definition) is 3. The van der Waals surface area contributed by atoms with Crippen LogP contribution in [0.2, 0.25) is 5.02 Å². The zero-order valence-electron chi connectivity index (χ0n) is 11.0. The Hall–Kier alpha value is -1.33. The van der Waals surface area contributed by atoms with Crippen LogP contribution in [0, 0.1) is 0 Å². The number of carbonyl (C=O) groups is 1. The summed E-state index contributed by atoms with van der Waals surface area (Å²) >= 11 is 9.22. The van der Waals surface area contributed by atoms with E-state index in [-0.39, 0.29) is 5.97 Å². The molecule has 1 aromatic heterocycles. The van der Waals surface area contributed by atoms with Crippen molar-refractivity contribution in [2.45, 2.75) is 13.5 Å². The second-order valence-corrected chi connectivity index (χ2v) is 5.28. The summed E-state index contributed by atoms with van der Waals surface area (Å²) in [7, 11) is 0. The third kappa shape index (κ3) is 3.41. The number of carbonyl (C=O) groups excluding carboxylic acids is 1. The molecule has 0 fully saturated rings. The van der Waals surface area contributed by atoms with Crippen molar-refractivity contribution in [2.24, 2.45) is 0 Å². The maximum absolute atomic E-state index is 11.9. The fourth-order valence-corrected chi connectivity index (χ4v) is 2.26. The maximum Gasteiger partial charge on any atom is 0.356 e. The van der Waals surface area contributed by atoms with Gasteiger partial charge in [0.15, 0.2) is 0 Å². The van der Waals surface area contributed by atoms with E-state index in [1.807, 2.05) is 12.1 Å². The normalized spacial score (nSPS) is 10.6. The van der Waals surface area contributed by atoms with E-state index in [0.29, 0.717) is 29.2 Å². The standard InChI is InChI=1S/C14H14BrClN2O2/c1-2-20-14(19)13-9-12(17-18(13)8-7-15)10-3-5-11(16)6-4-10/h3-6,9H,2,7-8H2,1H3. The number of esters is 1. The highest BCUT2D eigenvalue weighted by molar-refractivity contribution is 9.09. The molecule has 2 rings (SSSR count). The highest BCUT2D eigenvalue weighted by Crippen LogP contribution is 2.22. The monoisotopic (exact) mass is 356 g/mol. The third-order valence-corrected chi connectivity index (χ3v) is 3.31. The lowest BCUT2D eigenvalue weighted by atomic mass is 10.1. The van der Waals surface area contributed by atoms with Crippen LogP contribution in [-0.4, -0.2) is 27.7 Å². The van der Waals surface area contributed by atoms with Gasteiger partial charge in [-0.15, -0.1) is 0 Å². The molecule has 0 atom stereocenters. The van der Waals surface area contributed by atoms with Crippen LogP contribution in [0.4, 0.5) is 0 Å². The van der Waals surface area contributed by atoms with Crippen LogP contribution in [-0.2, 0) is 11.3 Å². The molecular weight excluding hydrogens is 344 g/mol. The first-order valence-electron chi connectivity index (χ1n) is 6.22. The molecule has 20 heavy (non-hydrogen) atoms. The number of aryl methyl sites for hydroxylation is 1. The first-order valence-corrected chi connectivity index (χ1v) is 7.72. The summed E-state index contributed by atoms with van der Waals surface area (Å²) in [5.74, 6) is -0.360. The zero-order chi connectivity index (χ0) is 14.5. The first-order chi connectivity index (χ1) is 9.65. The number of alkyl halides is 1. The van der Waals surface area contributed by atoms with Crippen molar-refractivity contribution in [3.8, 4) is 11.3 Å². The predicted molar refractivity (Wildman–Crippen MR) is 82.4 cm³/mol. The molecular formula is C14H14BrClN2O2. The highest BCUT2D eigenvalue weighted by Gasteiger charge is 2.16. The Bertz CT molecular complexity index is 596. The summed E-state index contributed by atoms with van der Waals surface area (Å²) in [5, 5.41) is 5.82. The van der Waals surface area contributed by atoms with Crippen molar-refractivity contribution in [2.75, 3.05) is 11.9 Å². The minimum absolute atomic E-state index is 0.342. The molecule has 6 heteroatoms. The number of aromatic nitrogens is 2. The number of benzene rings is 1. The SMILES string of the molecule is CCOC(=O)c1cc(-c2ccc(Cl)cc2)nn1CCBr. The quantitative estimate of drug-likeness (QED) is 0.604. The van der Waals surface area contributed by atoms with E-state index < -0.39 is 0 Å². The van der Waals surface area contributed by atoms with Crippen LogP contribution in [0.15, 0.2) is 30.3 Å². The summed E-state index contributed by atoms with van der Waals surface area (Å²) in [6.45, 7) is 2.72. The van der Waals surface area contributed by atoms with E-state index in [9.17, 15) is 4.79 Å². The molecule has 1 heterocycles. The summed E-state index contributed by atoms with van der Waals surface area (Å²) in [4.78, 5) is 11.9. The Kier molecular flexibility index (Phi) is 5.20. The van der Waals surface area contributed by atoms with Crippen molar-refractivity contribution in [1.29, 1.82) is 0 Å². The van der Waals surface area contributed by atoms with Gasteiger partial charge in [0.05, 0.1) is 18.8 Å². The molecule has 0 amide bonds. The largest absolute Gasteiger partial charge is 0.461 e. The molecule has 0 N–H and O–H groups in total.